The summed E-state index contributed by atoms with van der Waals surface area (Å²) in [5.41, 5.74) is 2.18. The highest BCUT2D eigenvalue weighted by Gasteiger charge is 2.22. The number of hydrogen-bond donors (Lipinski definition) is 1. The maximum Gasteiger partial charge on any atom is 0.243 e. The molecular weight excluding hydrogens is 378 g/mol. The Hall–Kier alpha value is -2.21. The van der Waals surface area contributed by atoms with Crippen LogP contribution in [0.2, 0.25) is 5.02 Å². The van der Waals surface area contributed by atoms with E-state index in [4.69, 9.17) is 11.6 Å². The van der Waals surface area contributed by atoms with Crippen molar-refractivity contribution in [3.8, 4) is 0 Å². The summed E-state index contributed by atoms with van der Waals surface area (Å²) in [4.78, 5) is 20.1. The Morgan fingerprint density at radius 1 is 1.15 bits per heavy atom. The number of carbonyl (C=O) groups is 1. The van der Waals surface area contributed by atoms with Gasteiger partial charge in [0.1, 0.15) is 0 Å². The molecule has 3 rings (SSSR count). The maximum absolute atomic E-state index is 12.8. The lowest BCUT2D eigenvalue weighted by atomic mass is 10.0. The number of carbonyl (C=O) groups excluding carboxylic acids is 1. The molecule has 0 bridgehead atoms. The van der Waals surface area contributed by atoms with E-state index in [1.807, 2.05) is 73.6 Å². The summed E-state index contributed by atoms with van der Waals surface area (Å²) in [6, 6.07) is 17.5. The molecule has 1 amide bonds. The third kappa shape index (κ3) is 5.39. The number of anilines is 1. The fourth-order valence-electron chi connectivity index (χ4n) is 2.81. The van der Waals surface area contributed by atoms with Gasteiger partial charge in [-0.2, -0.15) is 0 Å². The second-order valence-corrected chi connectivity index (χ2v) is 8.08. The van der Waals surface area contributed by atoms with E-state index in [0.29, 0.717) is 18.0 Å². The number of aromatic nitrogens is 1. The van der Waals surface area contributed by atoms with Gasteiger partial charge in [0.15, 0.2) is 5.13 Å². The molecule has 3 aromatic rings. The molecule has 1 heterocycles. The molecule has 1 aromatic heterocycles. The molecule has 2 aromatic carbocycles. The van der Waals surface area contributed by atoms with Gasteiger partial charge in [0, 0.05) is 22.5 Å². The van der Waals surface area contributed by atoms with Crippen LogP contribution in [0.3, 0.4) is 0 Å². The lowest BCUT2D eigenvalue weighted by Gasteiger charge is -2.23. The number of thiazole rings is 1. The molecule has 6 heteroatoms. The first-order valence-electron chi connectivity index (χ1n) is 8.72. The van der Waals surface area contributed by atoms with E-state index in [-0.39, 0.29) is 11.9 Å². The van der Waals surface area contributed by atoms with Gasteiger partial charge in [0.25, 0.3) is 0 Å². The second kappa shape index (κ2) is 9.13. The highest BCUT2D eigenvalue weighted by atomic mass is 35.5. The fraction of sp³-hybridized carbons (Fsp3) is 0.238. The molecule has 0 saturated carbocycles. The summed E-state index contributed by atoms with van der Waals surface area (Å²) in [5.74, 6) is -0.0532. The maximum atomic E-state index is 12.8. The minimum absolute atomic E-state index is 0.0532. The van der Waals surface area contributed by atoms with Crippen molar-refractivity contribution in [2.75, 3.05) is 19.4 Å². The van der Waals surface area contributed by atoms with Crippen LogP contribution in [0.5, 0.6) is 0 Å². The third-order valence-corrected chi connectivity index (χ3v) is 5.59. The van der Waals surface area contributed by atoms with Crippen LogP contribution in [0.25, 0.3) is 0 Å². The van der Waals surface area contributed by atoms with E-state index in [1.54, 1.807) is 6.20 Å². The van der Waals surface area contributed by atoms with Crippen molar-refractivity contribution in [2.45, 2.75) is 18.9 Å². The Balaban J connectivity index is 1.66. The molecular formula is C21H22ClN3OS. The third-order valence-electron chi connectivity index (χ3n) is 4.30. The van der Waals surface area contributed by atoms with Crippen LogP contribution in [-0.4, -0.2) is 35.9 Å². The summed E-state index contributed by atoms with van der Waals surface area (Å²) < 4.78 is 0. The molecule has 1 unspecified atom stereocenters. The standard InChI is InChI=1S/C21H22ClN3OS/c1-25(2)19(12-15-8-4-3-5-9-15)20(26)24-21-23-14-17(27-21)13-16-10-6-7-11-18(16)22/h3-11,14,19H,12-13H2,1-2H3,(H,23,24,26). The minimum Gasteiger partial charge on any atom is -0.301 e. The van der Waals surface area contributed by atoms with E-state index >= 15 is 0 Å². The molecule has 0 fully saturated rings. The van der Waals surface area contributed by atoms with Gasteiger partial charge in [-0.15, -0.1) is 11.3 Å². The van der Waals surface area contributed by atoms with Gasteiger partial charge in [-0.25, -0.2) is 4.98 Å². The summed E-state index contributed by atoms with van der Waals surface area (Å²) in [5, 5.41) is 4.31. The van der Waals surface area contributed by atoms with Crippen LogP contribution < -0.4 is 5.32 Å². The molecule has 0 aliphatic heterocycles. The Kier molecular flexibility index (Phi) is 6.61. The number of rotatable bonds is 7. The first kappa shape index (κ1) is 19.5. The van der Waals surface area contributed by atoms with Crippen molar-refractivity contribution in [3.05, 3.63) is 81.8 Å². The van der Waals surface area contributed by atoms with Gasteiger partial charge in [0.2, 0.25) is 5.91 Å². The smallest absolute Gasteiger partial charge is 0.243 e. The van der Waals surface area contributed by atoms with E-state index in [2.05, 4.69) is 10.3 Å². The zero-order chi connectivity index (χ0) is 19.2. The molecule has 0 saturated heterocycles. The van der Waals surface area contributed by atoms with E-state index < -0.39 is 0 Å². The van der Waals surface area contributed by atoms with Crippen LogP contribution in [0, 0.1) is 0 Å². The Morgan fingerprint density at radius 2 is 1.85 bits per heavy atom. The second-order valence-electron chi connectivity index (χ2n) is 6.56. The van der Waals surface area contributed by atoms with Crippen LogP contribution in [-0.2, 0) is 17.6 Å². The monoisotopic (exact) mass is 399 g/mol. The number of benzene rings is 2. The molecule has 0 spiro atoms. The normalized spacial score (nSPS) is 12.1. The molecule has 0 aliphatic rings. The van der Waals surface area contributed by atoms with E-state index in [0.717, 1.165) is 21.0 Å². The average molecular weight is 400 g/mol. The fourth-order valence-corrected chi connectivity index (χ4v) is 3.85. The summed E-state index contributed by atoms with van der Waals surface area (Å²) in [7, 11) is 3.83. The van der Waals surface area contributed by atoms with Gasteiger partial charge in [-0.05, 0) is 37.7 Å². The van der Waals surface area contributed by atoms with Crippen LogP contribution in [0.4, 0.5) is 5.13 Å². The highest BCUT2D eigenvalue weighted by molar-refractivity contribution is 7.15. The highest BCUT2D eigenvalue weighted by Crippen LogP contribution is 2.25. The van der Waals surface area contributed by atoms with E-state index in [1.165, 1.54) is 11.3 Å². The number of nitrogens with one attached hydrogen (secondary N) is 1. The van der Waals surface area contributed by atoms with Crippen molar-refractivity contribution in [1.82, 2.24) is 9.88 Å². The zero-order valence-electron chi connectivity index (χ0n) is 15.4. The topological polar surface area (TPSA) is 45.2 Å². The number of nitrogens with zero attached hydrogens (tertiary/aromatic N) is 2. The van der Waals surface area contributed by atoms with Crippen molar-refractivity contribution in [3.63, 3.8) is 0 Å². The Bertz CT molecular complexity index is 895. The lowest BCUT2D eigenvalue weighted by Crippen LogP contribution is -2.41. The van der Waals surface area contributed by atoms with Gasteiger partial charge in [-0.3, -0.25) is 9.69 Å². The number of amides is 1. The Labute approximate surface area is 168 Å². The van der Waals surface area contributed by atoms with Crippen molar-refractivity contribution in [1.29, 1.82) is 0 Å². The molecule has 0 radical (unpaired) electrons. The largest absolute Gasteiger partial charge is 0.301 e. The molecule has 0 aliphatic carbocycles. The van der Waals surface area contributed by atoms with Crippen molar-refractivity contribution >= 4 is 34.0 Å². The van der Waals surface area contributed by atoms with Crippen LogP contribution in [0.15, 0.2) is 60.8 Å². The molecule has 1 N–H and O–H groups in total. The predicted octanol–water partition coefficient (Wildman–Crippen LogP) is 4.50. The summed E-state index contributed by atoms with van der Waals surface area (Å²) in [6.07, 6.45) is 3.15. The first-order chi connectivity index (χ1) is 13.0. The lowest BCUT2D eigenvalue weighted by molar-refractivity contribution is -0.120. The SMILES string of the molecule is CN(C)C(Cc1ccccc1)C(=O)Nc1ncc(Cc2ccccc2Cl)s1. The quantitative estimate of drug-likeness (QED) is 0.636. The summed E-state index contributed by atoms with van der Waals surface area (Å²) >= 11 is 7.71. The van der Waals surface area contributed by atoms with E-state index in [9.17, 15) is 4.79 Å². The van der Waals surface area contributed by atoms with Crippen LogP contribution in [0.1, 0.15) is 16.0 Å². The number of halogens is 1. The Morgan fingerprint density at radius 3 is 2.56 bits per heavy atom. The van der Waals surface area contributed by atoms with Gasteiger partial charge < -0.3 is 5.32 Å². The van der Waals surface area contributed by atoms with Crippen LogP contribution >= 0.6 is 22.9 Å². The first-order valence-corrected chi connectivity index (χ1v) is 9.91. The molecule has 4 nitrogen and oxygen atoms in total. The zero-order valence-corrected chi connectivity index (χ0v) is 16.9. The van der Waals surface area contributed by atoms with Gasteiger partial charge in [-0.1, -0.05) is 60.1 Å². The molecule has 27 heavy (non-hydrogen) atoms. The summed E-state index contributed by atoms with van der Waals surface area (Å²) in [6.45, 7) is 0. The molecule has 1 atom stereocenters. The van der Waals surface area contributed by atoms with Crippen molar-refractivity contribution in [2.24, 2.45) is 0 Å². The van der Waals surface area contributed by atoms with Gasteiger partial charge >= 0.3 is 0 Å². The van der Waals surface area contributed by atoms with Gasteiger partial charge in [0.05, 0.1) is 6.04 Å². The minimum atomic E-state index is -0.261. The number of hydrogen-bond acceptors (Lipinski definition) is 4. The average Bonchev–Trinajstić information content (AvgIpc) is 3.09. The number of likely N-dealkylation sites (N-methyl/N-ethyl adjacent to an activating group) is 1. The van der Waals surface area contributed by atoms with Crippen molar-refractivity contribution < 1.29 is 4.79 Å². The molecule has 140 valence electrons. The predicted molar refractivity (Wildman–Crippen MR) is 113 cm³/mol.